The SMILES string of the molecule is CC(NC(=O)Nc1ccn(-c2ccccc2)n1)c1cc2ccccc2o1. The fourth-order valence-corrected chi connectivity index (χ4v) is 2.75. The van der Waals surface area contributed by atoms with Crippen LogP contribution >= 0.6 is 0 Å². The Labute approximate surface area is 150 Å². The first-order valence-corrected chi connectivity index (χ1v) is 8.36. The molecule has 2 heterocycles. The van der Waals surface area contributed by atoms with E-state index in [9.17, 15) is 4.79 Å². The van der Waals surface area contributed by atoms with E-state index in [1.54, 1.807) is 16.9 Å². The summed E-state index contributed by atoms with van der Waals surface area (Å²) in [4.78, 5) is 12.2. The van der Waals surface area contributed by atoms with Crippen LogP contribution in [0.3, 0.4) is 0 Å². The Bertz CT molecular complexity index is 1000. The van der Waals surface area contributed by atoms with Gasteiger partial charge in [0.1, 0.15) is 11.3 Å². The third kappa shape index (κ3) is 3.30. The molecule has 0 fully saturated rings. The normalized spacial score (nSPS) is 12.0. The molecule has 130 valence electrons. The Morgan fingerprint density at radius 3 is 2.65 bits per heavy atom. The van der Waals surface area contributed by atoms with Gasteiger partial charge in [-0.3, -0.25) is 5.32 Å². The van der Waals surface area contributed by atoms with E-state index < -0.39 is 0 Å². The van der Waals surface area contributed by atoms with Crippen LogP contribution in [0.2, 0.25) is 0 Å². The second-order valence-electron chi connectivity index (χ2n) is 5.99. The summed E-state index contributed by atoms with van der Waals surface area (Å²) in [7, 11) is 0. The molecule has 0 aliphatic carbocycles. The van der Waals surface area contributed by atoms with Crippen molar-refractivity contribution in [3.63, 3.8) is 0 Å². The maximum atomic E-state index is 12.2. The van der Waals surface area contributed by atoms with Crippen LogP contribution in [0.25, 0.3) is 16.7 Å². The number of urea groups is 1. The van der Waals surface area contributed by atoms with Crippen LogP contribution in [0.5, 0.6) is 0 Å². The Morgan fingerprint density at radius 2 is 1.85 bits per heavy atom. The van der Waals surface area contributed by atoms with E-state index in [0.29, 0.717) is 11.6 Å². The van der Waals surface area contributed by atoms with E-state index in [1.165, 1.54) is 0 Å². The summed E-state index contributed by atoms with van der Waals surface area (Å²) in [5.41, 5.74) is 1.73. The second-order valence-corrected chi connectivity index (χ2v) is 5.99. The third-order valence-corrected chi connectivity index (χ3v) is 4.07. The number of para-hydroxylation sites is 2. The third-order valence-electron chi connectivity index (χ3n) is 4.07. The Hall–Kier alpha value is -3.54. The molecule has 0 saturated heterocycles. The fourth-order valence-electron chi connectivity index (χ4n) is 2.75. The molecule has 0 aliphatic heterocycles. The van der Waals surface area contributed by atoms with Crippen molar-refractivity contribution in [2.24, 2.45) is 0 Å². The van der Waals surface area contributed by atoms with Crippen LogP contribution in [0.1, 0.15) is 18.7 Å². The molecule has 0 radical (unpaired) electrons. The number of anilines is 1. The van der Waals surface area contributed by atoms with Crippen molar-refractivity contribution < 1.29 is 9.21 Å². The lowest BCUT2D eigenvalue weighted by atomic mass is 10.2. The molecule has 0 aliphatic rings. The number of nitrogens with one attached hydrogen (secondary N) is 2. The van der Waals surface area contributed by atoms with Crippen molar-refractivity contribution >= 4 is 22.8 Å². The van der Waals surface area contributed by atoms with E-state index in [0.717, 1.165) is 16.7 Å². The molecule has 1 atom stereocenters. The summed E-state index contributed by atoms with van der Waals surface area (Å²) in [6, 6.07) is 20.5. The number of hydrogen-bond acceptors (Lipinski definition) is 3. The zero-order chi connectivity index (χ0) is 17.9. The minimum absolute atomic E-state index is 0.265. The Morgan fingerprint density at radius 1 is 1.08 bits per heavy atom. The van der Waals surface area contributed by atoms with E-state index >= 15 is 0 Å². The smallest absolute Gasteiger partial charge is 0.321 e. The van der Waals surface area contributed by atoms with E-state index in [4.69, 9.17) is 4.42 Å². The number of carbonyl (C=O) groups excluding carboxylic acids is 1. The van der Waals surface area contributed by atoms with Crippen molar-refractivity contribution in [2.75, 3.05) is 5.32 Å². The predicted molar refractivity (Wildman–Crippen MR) is 100 cm³/mol. The van der Waals surface area contributed by atoms with Gasteiger partial charge in [0, 0.05) is 17.6 Å². The molecule has 6 nitrogen and oxygen atoms in total. The highest BCUT2D eigenvalue weighted by Crippen LogP contribution is 2.23. The highest BCUT2D eigenvalue weighted by atomic mass is 16.3. The standard InChI is InChI=1S/C20H18N4O2/c1-14(18-13-15-7-5-6-10-17(15)26-18)21-20(25)22-19-11-12-24(23-19)16-8-3-2-4-9-16/h2-14H,1H3,(H2,21,22,23,25). The van der Waals surface area contributed by atoms with Crippen LogP contribution in [0, 0.1) is 0 Å². The van der Waals surface area contributed by atoms with Gasteiger partial charge in [-0.15, -0.1) is 5.10 Å². The number of benzene rings is 2. The van der Waals surface area contributed by atoms with Crippen LogP contribution in [-0.4, -0.2) is 15.8 Å². The lowest BCUT2D eigenvalue weighted by molar-refractivity contribution is 0.247. The van der Waals surface area contributed by atoms with Crippen LogP contribution in [0.15, 0.2) is 77.3 Å². The first-order chi connectivity index (χ1) is 12.7. The van der Waals surface area contributed by atoms with Gasteiger partial charge < -0.3 is 9.73 Å². The number of carbonyl (C=O) groups is 1. The van der Waals surface area contributed by atoms with Crippen molar-refractivity contribution in [3.05, 3.63) is 78.7 Å². The lowest BCUT2D eigenvalue weighted by Crippen LogP contribution is -2.31. The average Bonchev–Trinajstić information content (AvgIpc) is 3.29. The van der Waals surface area contributed by atoms with Gasteiger partial charge in [-0.25, -0.2) is 9.48 Å². The Balaban J connectivity index is 1.41. The molecule has 2 N–H and O–H groups in total. The molecule has 1 unspecified atom stereocenters. The molecular formula is C20H18N4O2. The van der Waals surface area contributed by atoms with Gasteiger partial charge in [0.05, 0.1) is 11.7 Å². The largest absolute Gasteiger partial charge is 0.459 e. The van der Waals surface area contributed by atoms with Crippen molar-refractivity contribution in [1.29, 1.82) is 0 Å². The first-order valence-electron chi connectivity index (χ1n) is 8.36. The van der Waals surface area contributed by atoms with Gasteiger partial charge in [-0.05, 0) is 31.2 Å². The maximum absolute atomic E-state index is 12.2. The second kappa shape index (κ2) is 6.76. The van der Waals surface area contributed by atoms with Gasteiger partial charge in [0.15, 0.2) is 5.82 Å². The van der Waals surface area contributed by atoms with Gasteiger partial charge in [0.2, 0.25) is 0 Å². The fraction of sp³-hybridized carbons (Fsp3) is 0.100. The van der Waals surface area contributed by atoms with E-state index in [1.807, 2.05) is 67.6 Å². The van der Waals surface area contributed by atoms with Crippen molar-refractivity contribution in [2.45, 2.75) is 13.0 Å². The first kappa shape index (κ1) is 16.0. The highest BCUT2D eigenvalue weighted by molar-refractivity contribution is 5.88. The zero-order valence-electron chi connectivity index (χ0n) is 14.2. The molecular weight excluding hydrogens is 328 g/mol. The number of aromatic nitrogens is 2. The van der Waals surface area contributed by atoms with Crippen molar-refractivity contribution in [1.82, 2.24) is 15.1 Å². The predicted octanol–water partition coefficient (Wildman–Crippen LogP) is 4.50. The number of furan rings is 1. The minimum atomic E-state index is -0.337. The number of nitrogens with zero attached hydrogens (tertiary/aromatic N) is 2. The summed E-state index contributed by atoms with van der Waals surface area (Å²) < 4.78 is 7.49. The summed E-state index contributed by atoms with van der Waals surface area (Å²) in [5.74, 6) is 1.18. The number of hydrogen-bond donors (Lipinski definition) is 2. The molecule has 2 aromatic carbocycles. The molecule has 0 saturated carbocycles. The van der Waals surface area contributed by atoms with E-state index in [2.05, 4.69) is 15.7 Å². The number of fused-ring (bicyclic) bond motifs is 1. The molecule has 2 amide bonds. The molecule has 0 spiro atoms. The minimum Gasteiger partial charge on any atom is -0.459 e. The van der Waals surface area contributed by atoms with Crippen molar-refractivity contribution in [3.8, 4) is 5.69 Å². The van der Waals surface area contributed by atoms with Gasteiger partial charge in [0.25, 0.3) is 0 Å². The number of amides is 2. The van der Waals surface area contributed by atoms with Crippen LogP contribution < -0.4 is 10.6 Å². The lowest BCUT2D eigenvalue weighted by Gasteiger charge is -2.11. The van der Waals surface area contributed by atoms with Crippen LogP contribution in [-0.2, 0) is 0 Å². The monoisotopic (exact) mass is 346 g/mol. The number of rotatable bonds is 4. The Kier molecular flexibility index (Phi) is 4.15. The summed E-state index contributed by atoms with van der Waals surface area (Å²) in [6.07, 6.45) is 1.80. The summed E-state index contributed by atoms with van der Waals surface area (Å²) in [5, 5.41) is 11.0. The topological polar surface area (TPSA) is 72.1 Å². The molecule has 4 rings (SSSR count). The van der Waals surface area contributed by atoms with E-state index in [-0.39, 0.29) is 12.1 Å². The molecule has 2 aromatic heterocycles. The van der Waals surface area contributed by atoms with Gasteiger partial charge >= 0.3 is 6.03 Å². The summed E-state index contributed by atoms with van der Waals surface area (Å²) in [6.45, 7) is 1.87. The van der Waals surface area contributed by atoms with Gasteiger partial charge in [-0.1, -0.05) is 36.4 Å². The molecule has 26 heavy (non-hydrogen) atoms. The van der Waals surface area contributed by atoms with Crippen LogP contribution in [0.4, 0.5) is 10.6 Å². The molecule has 0 bridgehead atoms. The molecule has 6 heteroatoms. The van der Waals surface area contributed by atoms with Gasteiger partial charge in [-0.2, -0.15) is 0 Å². The summed E-state index contributed by atoms with van der Waals surface area (Å²) >= 11 is 0. The maximum Gasteiger partial charge on any atom is 0.321 e. The average molecular weight is 346 g/mol. The zero-order valence-corrected chi connectivity index (χ0v) is 14.2. The molecule has 4 aromatic rings. The quantitative estimate of drug-likeness (QED) is 0.571. The highest BCUT2D eigenvalue weighted by Gasteiger charge is 2.15.